The van der Waals surface area contributed by atoms with Crippen molar-refractivity contribution in [2.24, 2.45) is 0 Å². The van der Waals surface area contributed by atoms with Crippen LogP contribution in [0.3, 0.4) is 0 Å². The second kappa shape index (κ2) is 6.75. The molecule has 1 atom stereocenters. The zero-order valence-electron chi connectivity index (χ0n) is 12.9. The van der Waals surface area contributed by atoms with Gasteiger partial charge in [0.05, 0.1) is 0 Å². The van der Waals surface area contributed by atoms with Crippen LogP contribution in [0.25, 0.3) is 0 Å². The molecule has 114 valence electrons. The van der Waals surface area contributed by atoms with Crippen LogP contribution in [-0.4, -0.2) is 11.9 Å². The van der Waals surface area contributed by atoms with Gasteiger partial charge in [-0.3, -0.25) is 4.79 Å². The number of aryl methyl sites for hydroxylation is 1. The molecule has 0 aromatic heterocycles. The van der Waals surface area contributed by atoms with Crippen LogP contribution in [0.15, 0.2) is 48.5 Å². The maximum absolute atomic E-state index is 11.4. The molecule has 1 amide bonds. The summed E-state index contributed by atoms with van der Waals surface area (Å²) in [6.45, 7) is 2.45. The van der Waals surface area contributed by atoms with Crippen molar-refractivity contribution in [3.8, 4) is 0 Å². The van der Waals surface area contributed by atoms with E-state index in [-0.39, 0.29) is 5.91 Å². The Kier molecular flexibility index (Phi) is 4.54. The zero-order chi connectivity index (χ0) is 15.4. The summed E-state index contributed by atoms with van der Waals surface area (Å²) in [6.07, 6.45) is 3.18. The maximum atomic E-state index is 11.4. The van der Waals surface area contributed by atoms with Gasteiger partial charge in [-0.2, -0.15) is 0 Å². The molecular weight excluding hydrogens is 272 g/mol. The maximum Gasteiger partial charge on any atom is 0.221 e. The van der Waals surface area contributed by atoms with E-state index in [0.717, 1.165) is 31.5 Å². The van der Waals surface area contributed by atoms with Gasteiger partial charge in [-0.25, -0.2) is 0 Å². The second-order valence-corrected chi connectivity index (χ2v) is 5.93. The topological polar surface area (TPSA) is 41.1 Å². The first kappa shape index (κ1) is 14.8. The van der Waals surface area contributed by atoms with Crippen LogP contribution < -0.4 is 10.6 Å². The summed E-state index contributed by atoms with van der Waals surface area (Å²) in [6, 6.07) is 17.1. The van der Waals surface area contributed by atoms with Crippen LogP contribution in [0.1, 0.15) is 30.0 Å². The number of nitrogens with one attached hydrogen (secondary N) is 2. The highest BCUT2D eigenvalue weighted by Gasteiger charge is 2.20. The van der Waals surface area contributed by atoms with Crippen LogP contribution in [0, 0.1) is 0 Å². The minimum Gasteiger partial charge on any atom is -0.326 e. The van der Waals surface area contributed by atoms with Gasteiger partial charge in [-0.1, -0.05) is 42.5 Å². The molecule has 2 aromatic carbocycles. The molecule has 1 aliphatic carbocycles. The Morgan fingerprint density at radius 1 is 1.14 bits per heavy atom. The summed E-state index contributed by atoms with van der Waals surface area (Å²) < 4.78 is 0. The van der Waals surface area contributed by atoms with Gasteiger partial charge in [-0.05, 0) is 42.0 Å². The number of hydrogen-bond donors (Lipinski definition) is 2. The Morgan fingerprint density at radius 3 is 2.73 bits per heavy atom. The standard InChI is InChI=1S/C19H22N2O/c1-14(22)21-19-9-5-8-16-10-11-17(12-18(16)19)20-13-15-6-3-2-4-7-15/h2-9,17,20H,10-13H2,1H3,(H,21,22). The molecular formula is C19H22N2O. The predicted octanol–water partition coefficient (Wildman–Crippen LogP) is 3.29. The lowest BCUT2D eigenvalue weighted by Crippen LogP contribution is -2.34. The minimum atomic E-state index is -0.00670. The van der Waals surface area contributed by atoms with Crippen LogP contribution in [-0.2, 0) is 24.2 Å². The molecule has 0 bridgehead atoms. The minimum absolute atomic E-state index is 0.00670. The molecule has 0 heterocycles. The number of rotatable bonds is 4. The molecule has 3 rings (SSSR count). The van der Waals surface area contributed by atoms with E-state index in [4.69, 9.17) is 0 Å². The van der Waals surface area contributed by atoms with Crippen molar-refractivity contribution >= 4 is 11.6 Å². The number of amides is 1. The fourth-order valence-electron chi connectivity index (χ4n) is 3.13. The molecule has 0 aliphatic heterocycles. The Labute approximate surface area is 131 Å². The lowest BCUT2D eigenvalue weighted by atomic mass is 9.87. The summed E-state index contributed by atoms with van der Waals surface area (Å²) in [4.78, 5) is 11.4. The van der Waals surface area contributed by atoms with E-state index in [1.54, 1.807) is 6.92 Å². The summed E-state index contributed by atoms with van der Waals surface area (Å²) in [5.74, 6) is -0.00670. The van der Waals surface area contributed by atoms with E-state index in [1.807, 2.05) is 18.2 Å². The van der Waals surface area contributed by atoms with Crippen LogP contribution >= 0.6 is 0 Å². The van der Waals surface area contributed by atoms with Crippen molar-refractivity contribution in [2.75, 3.05) is 5.32 Å². The molecule has 2 N–H and O–H groups in total. The highest BCUT2D eigenvalue weighted by Crippen LogP contribution is 2.28. The number of anilines is 1. The summed E-state index contributed by atoms with van der Waals surface area (Å²) in [5, 5.41) is 6.61. The third-order valence-corrected chi connectivity index (χ3v) is 4.23. The first-order chi connectivity index (χ1) is 10.7. The smallest absolute Gasteiger partial charge is 0.221 e. The van der Waals surface area contributed by atoms with E-state index in [0.29, 0.717) is 6.04 Å². The van der Waals surface area contributed by atoms with E-state index in [2.05, 4.69) is 41.0 Å². The molecule has 22 heavy (non-hydrogen) atoms. The van der Waals surface area contributed by atoms with Gasteiger partial charge >= 0.3 is 0 Å². The normalized spacial score (nSPS) is 16.9. The van der Waals surface area contributed by atoms with Gasteiger partial charge in [0.25, 0.3) is 0 Å². The summed E-state index contributed by atoms with van der Waals surface area (Å²) in [5.41, 5.74) is 4.93. The molecule has 0 saturated heterocycles. The Bertz CT molecular complexity index is 652. The van der Waals surface area contributed by atoms with Gasteiger partial charge in [0.2, 0.25) is 5.91 Å². The molecule has 3 heteroatoms. The molecule has 2 aromatic rings. The highest BCUT2D eigenvalue weighted by atomic mass is 16.1. The van der Waals surface area contributed by atoms with Crippen molar-refractivity contribution in [1.29, 1.82) is 0 Å². The van der Waals surface area contributed by atoms with E-state index < -0.39 is 0 Å². The fraction of sp³-hybridized carbons (Fsp3) is 0.316. The molecule has 0 fully saturated rings. The predicted molar refractivity (Wildman–Crippen MR) is 89.8 cm³/mol. The molecule has 0 radical (unpaired) electrons. The average molecular weight is 294 g/mol. The summed E-state index contributed by atoms with van der Waals surface area (Å²) in [7, 11) is 0. The molecule has 0 saturated carbocycles. The number of fused-ring (bicyclic) bond motifs is 1. The summed E-state index contributed by atoms with van der Waals surface area (Å²) >= 11 is 0. The second-order valence-electron chi connectivity index (χ2n) is 5.93. The molecule has 3 nitrogen and oxygen atoms in total. The SMILES string of the molecule is CC(=O)Nc1cccc2c1CC(NCc1ccccc1)CC2. The number of benzene rings is 2. The van der Waals surface area contributed by atoms with Crippen LogP contribution in [0.4, 0.5) is 5.69 Å². The molecule has 0 spiro atoms. The number of carbonyl (C=O) groups excluding carboxylic acids is 1. The quantitative estimate of drug-likeness (QED) is 0.908. The van der Waals surface area contributed by atoms with Gasteiger partial charge in [0.1, 0.15) is 0 Å². The number of hydrogen-bond acceptors (Lipinski definition) is 2. The van der Waals surface area contributed by atoms with Gasteiger partial charge in [0, 0.05) is 25.2 Å². The van der Waals surface area contributed by atoms with E-state index in [1.165, 1.54) is 16.7 Å². The van der Waals surface area contributed by atoms with E-state index >= 15 is 0 Å². The molecule has 1 aliphatic rings. The van der Waals surface area contributed by atoms with Crippen molar-refractivity contribution in [3.63, 3.8) is 0 Å². The van der Waals surface area contributed by atoms with E-state index in [9.17, 15) is 4.79 Å². The van der Waals surface area contributed by atoms with Crippen molar-refractivity contribution in [1.82, 2.24) is 5.32 Å². The Hall–Kier alpha value is -2.13. The lowest BCUT2D eigenvalue weighted by Gasteiger charge is -2.27. The monoisotopic (exact) mass is 294 g/mol. The largest absolute Gasteiger partial charge is 0.326 e. The van der Waals surface area contributed by atoms with Gasteiger partial charge in [0.15, 0.2) is 0 Å². The van der Waals surface area contributed by atoms with Gasteiger partial charge in [-0.15, -0.1) is 0 Å². The number of carbonyl (C=O) groups is 1. The van der Waals surface area contributed by atoms with Gasteiger partial charge < -0.3 is 10.6 Å². The zero-order valence-corrected chi connectivity index (χ0v) is 12.9. The molecule has 1 unspecified atom stereocenters. The lowest BCUT2D eigenvalue weighted by molar-refractivity contribution is -0.114. The van der Waals surface area contributed by atoms with Crippen molar-refractivity contribution in [3.05, 3.63) is 65.2 Å². The highest BCUT2D eigenvalue weighted by molar-refractivity contribution is 5.89. The van der Waals surface area contributed by atoms with Crippen LogP contribution in [0.5, 0.6) is 0 Å². The first-order valence-corrected chi connectivity index (χ1v) is 7.88. The Balaban J connectivity index is 1.68. The fourth-order valence-corrected chi connectivity index (χ4v) is 3.13. The van der Waals surface area contributed by atoms with Crippen LogP contribution in [0.2, 0.25) is 0 Å². The van der Waals surface area contributed by atoms with Crippen molar-refractivity contribution < 1.29 is 4.79 Å². The first-order valence-electron chi connectivity index (χ1n) is 7.88. The average Bonchev–Trinajstić information content (AvgIpc) is 2.54. The third kappa shape index (κ3) is 3.55. The third-order valence-electron chi connectivity index (χ3n) is 4.23. The van der Waals surface area contributed by atoms with Crippen molar-refractivity contribution in [2.45, 2.75) is 38.8 Å². The Morgan fingerprint density at radius 2 is 1.95 bits per heavy atom.